The van der Waals surface area contributed by atoms with Crippen molar-refractivity contribution in [2.75, 3.05) is 7.11 Å². The third-order valence-electron chi connectivity index (χ3n) is 5.37. The molecule has 1 radical (unpaired) electrons. The van der Waals surface area contributed by atoms with Crippen molar-refractivity contribution < 1.29 is 22.6 Å². The maximum Gasteiger partial charge on any atom is 0.251 e. The van der Waals surface area contributed by atoms with Gasteiger partial charge in [0, 0.05) is 37.0 Å². The number of aromatic nitrogens is 3. The summed E-state index contributed by atoms with van der Waals surface area (Å²) in [6.07, 6.45) is 1.96. The van der Waals surface area contributed by atoms with Crippen molar-refractivity contribution in [3.63, 3.8) is 0 Å². The maximum absolute atomic E-state index is 14.7. The van der Waals surface area contributed by atoms with Crippen LogP contribution in [0, 0.1) is 19.2 Å². The van der Waals surface area contributed by atoms with Crippen LogP contribution >= 0.6 is 11.3 Å². The minimum absolute atomic E-state index is 0.0507. The average Bonchev–Trinajstić information content (AvgIpc) is 3.14. The smallest absolute Gasteiger partial charge is 0.251 e. The average molecular weight is 458 g/mol. The van der Waals surface area contributed by atoms with E-state index in [0.717, 1.165) is 11.1 Å². The Hall–Kier alpha value is -2.94. The SMILES string of the molecule is COc1cnc2c(-c3nc4cc(F)c(O[C@H]5[CH]CCC(F)(F)C5)cc4s3)cc(C)cc2n1. The van der Waals surface area contributed by atoms with Gasteiger partial charge >= 0.3 is 0 Å². The van der Waals surface area contributed by atoms with E-state index in [1.54, 1.807) is 6.42 Å². The molecule has 0 bridgehead atoms. The quantitative estimate of drug-likeness (QED) is 0.368. The van der Waals surface area contributed by atoms with Gasteiger partial charge in [-0.2, -0.15) is 0 Å². The number of methoxy groups -OCH3 is 1. The van der Waals surface area contributed by atoms with E-state index >= 15 is 0 Å². The lowest BCUT2D eigenvalue weighted by atomic mass is 9.94. The zero-order valence-corrected chi connectivity index (χ0v) is 18.2. The number of rotatable bonds is 4. The molecule has 0 aliphatic heterocycles. The number of ether oxygens (including phenoxy) is 2. The van der Waals surface area contributed by atoms with Crippen LogP contribution in [0.1, 0.15) is 24.8 Å². The van der Waals surface area contributed by atoms with Crippen LogP contribution < -0.4 is 9.47 Å². The summed E-state index contributed by atoms with van der Waals surface area (Å²) in [5, 5.41) is 0.653. The van der Waals surface area contributed by atoms with Crippen molar-refractivity contribution in [3.05, 3.63) is 48.3 Å². The Labute approximate surface area is 186 Å². The Balaban J connectivity index is 1.53. The van der Waals surface area contributed by atoms with E-state index in [-0.39, 0.29) is 18.6 Å². The lowest BCUT2D eigenvalue weighted by molar-refractivity contribution is -0.0554. The summed E-state index contributed by atoms with van der Waals surface area (Å²) in [4.78, 5) is 13.5. The van der Waals surface area contributed by atoms with E-state index in [2.05, 4.69) is 15.0 Å². The molecule has 0 unspecified atom stereocenters. The topological polar surface area (TPSA) is 57.1 Å². The molecule has 0 saturated heterocycles. The lowest BCUT2D eigenvalue weighted by Gasteiger charge is -2.29. The molecule has 1 atom stereocenters. The molecule has 5 rings (SSSR count). The first-order chi connectivity index (χ1) is 15.3. The Morgan fingerprint density at radius 3 is 2.75 bits per heavy atom. The van der Waals surface area contributed by atoms with Gasteiger partial charge in [0.15, 0.2) is 11.6 Å². The minimum atomic E-state index is -2.80. The normalized spacial score (nSPS) is 18.2. The third-order valence-corrected chi connectivity index (χ3v) is 6.42. The van der Waals surface area contributed by atoms with Crippen molar-refractivity contribution in [1.82, 2.24) is 15.0 Å². The highest BCUT2D eigenvalue weighted by atomic mass is 32.1. The second kappa shape index (κ2) is 7.88. The second-order valence-corrected chi connectivity index (χ2v) is 8.88. The van der Waals surface area contributed by atoms with Gasteiger partial charge in [-0.25, -0.2) is 28.1 Å². The summed E-state index contributed by atoms with van der Waals surface area (Å²) in [6, 6.07) is 6.66. The predicted octanol–water partition coefficient (Wildman–Crippen LogP) is 6.13. The fourth-order valence-corrected chi connectivity index (χ4v) is 4.85. The molecule has 2 aromatic heterocycles. The number of nitrogens with zero attached hydrogens (tertiary/aromatic N) is 3. The van der Waals surface area contributed by atoms with Crippen LogP contribution in [0.2, 0.25) is 0 Å². The minimum Gasteiger partial charge on any atom is -0.487 e. The molecular weight excluding hydrogens is 439 g/mol. The van der Waals surface area contributed by atoms with Crippen molar-refractivity contribution in [2.24, 2.45) is 0 Å². The van der Waals surface area contributed by atoms with Gasteiger partial charge in [-0.3, -0.25) is 0 Å². The van der Waals surface area contributed by atoms with Crippen LogP contribution in [-0.2, 0) is 0 Å². The molecular formula is C23H19F3N3O2S. The van der Waals surface area contributed by atoms with Gasteiger partial charge in [0.05, 0.1) is 34.6 Å². The number of hydrogen-bond acceptors (Lipinski definition) is 6. The number of aryl methyl sites for hydroxylation is 1. The highest BCUT2D eigenvalue weighted by molar-refractivity contribution is 7.21. The standard InChI is InChI=1S/C23H19F3N3O2S/c1-12-6-14(21-17(7-12)28-20(30-2)11-27-21)22-29-16-8-15(24)18(9-19(16)32-22)31-13-4-3-5-23(25,26)10-13/h4,6-9,11,13H,3,5,10H2,1-2H3/t13-/m0/s1. The Morgan fingerprint density at radius 1 is 1.12 bits per heavy atom. The lowest BCUT2D eigenvalue weighted by Crippen LogP contribution is -2.33. The summed E-state index contributed by atoms with van der Waals surface area (Å²) in [5.74, 6) is -3.07. The molecule has 5 nitrogen and oxygen atoms in total. The number of benzene rings is 2. The van der Waals surface area contributed by atoms with Crippen LogP contribution in [0.5, 0.6) is 11.6 Å². The highest BCUT2D eigenvalue weighted by Gasteiger charge is 2.37. The molecule has 32 heavy (non-hydrogen) atoms. The largest absolute Gasteiger partial charge is 0.487 e. The number of hydrogen-bond donors (Lipinski definition) is 0. The van der Waals surface area contributed by atoms with E-state index in [9.17, 15) is 13.2 Å². The Morgan fingerprint density at radius 2 is 1.97 bits per heavy atom. The van der Waals surface area contributed by atoms with Gasteiger partial charge < -0.3 is 9.47 Å². The van der Waals surface area contributed by atoms with Crippen LogP contribution in [-0.4, -0.2) is 34.1 Å². The van der Waals surface area contributed by atoms with Gasteiger partial charge in [0.25, 0.3) is 5.92 Å². The first-order valence-electron chi connectivity index (χ1n) is 10.1. The summed E-state index contributed by atoms with van der Waals surface area (Å²) in [6.45, 7) is 1.94. The predicted molar refractivity (Wildman–Crippen MR) is 117 cm³/mol. The third kappa shape index (κ3) is 3.97. The van der Waals surface area contributed by atoms with E-state index in [1.807, 2.05) is 19.1 Å². The molecule has 1 saturated carbocycles. The molecule has 4 aromatic rings. The fraction of sp³-hybridized carbons (Fsp3) is 0.304. The molecule has 0 spiro atoms. The van der Waals surface area contributed by atoms with Gasteiger partial charge in [-0.1, -0.05) is 0 Å². The molecule has 9 heteroatoms. The van der Waals surface area contributed by atoms with Gasteiger partial charge in [0.1, 0.15) is 11.1 Å². The van der Waals surface area contributed by atoms with E-state index < -0.39 is 24.3 Å². The number of fused-ring (bicyclic) bond motifs is 2. The van der Waals surface area contributed by atoms with E-state index in [1.165, 1.54) is 36.8 Å². The number of thiazole rings is 1. The van der Waals surface area contributed by atoms with E-state index in [4.69, 9.17) is 9.47 Å². The Bertz CT molecular complexity index is 1330. The van der Waals surface area contributed by atoms with Crippen LogP contribution in [0.4, 0.5) is 13.2 Å². The monoisotopic (exact) mass is 458 g/mol. The maximum atomic E-state index is 14.7. The molecule has 2 aromatic carbocycles. The zero-order chi connectivity index (χ0) is 22.5. The zero-order valence-electron chi connectivity index (χ0n) is 17.4. The number of halogens is 3. The molecule has 1 fully saturated rings. The molecule has 1 aliphatic rings. The van der Waals surface area contributed by atoms with Crippen LogP contribution in [0.25, 0.3) is 31.8 Å². The van der Waals surface area contributed by atoms with Crippen molar-refractivity contribution in [1.29, 1.82) is 0 Å². The first kappa shape index (κ1) is 20.9. The molecule has 2 heterocycles. The van der Waals surface area contributed by atoms with Gasteiger partial charge in [0.2, 0.25) is 5.88 Å². The first-order valence-corrected chi connectivity index (χ1v) is 10.9. The van der Waals surface area contributed by atoms with Crippen molar-refractivity contribution in [3.8, 4) is 22.2 Å². The summed E-state index contributed by atoms with van der Waals surface area (Å²) >= 11 is 1.35. The Kier molecular flexibility index (Phi) is 5.16. The molecule has 0 N–H and O–H groups in total. The highest BCUT2D eigenvalue weighted by Crippen LogP contribution is 2.39. The fourth-order valence-electron chi connectivity index (χ4n) is 3.86. The van der Waals surface area contributed by atoms with E-state index in [0.29, 0.717) is 32.1 Å². The summed E-state index contributed by atoms with van der Waals surface area (Å²) < 4.78 is 53.5. The van der Waals surface area contributed by atoms with Gasteiger partial charge in [-0.05, 0) is 31.0 Å². The van der Waals surface area contributed by atoms with Gasteiger partial charge in [-0.15, -0.1) is 11.3 Å². The number of alkyl halides is 2. The van der Waals surface area contributed by atoms with Crippen LogP contribution in [0.15, 0.2) is 30.5 Å². The van der Waals surface area contributed by atoms with Crippen molar-refractivity contribution >= 4 is 32.6 Å². The molecule has 0 amide bonds. The molecule has 165 valence electrons. The van der Waals surface area contributed by atoms with Crippen LogP contribution in [0.3, 0.4) is 0 Å². The molecule has 1 aliphatic carbocycles. The summed E-state index contributed by atoms with van der Waals surface area (Å²) in [5.41, 5.74) is 3.54. The van der Waals surface area contributed by atoms with Crippen molar-refractivity contribution in [2.45, 2.75) is 38.2 Å². The summed E-state index contributed by atoms with van der Waals surface area (Å²) in [7, 11) is 1.53. The second-order valence-electron chi connectivity index (χ2n) is 7.85.